The third kappa shape index (κ3) is 5.79. The van der Waals surface area contributed by atoms with Crippen LogP contribution in [0.15, 0.2) is 52.4 Å². The highest BCUT2D eigenvalue weighted by atomic mass is 127. The number of aliphatic imine (C=N–C) groups is 1. The summed E-state index contributed by atoms with van der Waals surface area (Å²) in [5.41, 5.74) is 1.54. The standard InChI is InChI=1S/C22H21IN2O5S/c1-3-9-25-21(28)18(31-22(25)24-15-7-5-4-6-8-15)12-14-10-16(23)20(17(11-14)29-2)30-13-19(26)27/h4-8,10-12H,3,9,13H2,1-2H3,(H,26,27)/b18-12-,24-22?. The second kappa shape index (κ2) is 10.7. The van der Waals surface area contributed by atoms with Crippen LogP contribution in [-0.4, -0.2) is 47.3 Å². The minimum absolute atomic E-state index is 0.0956. The average molecular weight is 552 g/mol. The fourth-order valence-corrected chi connectivity index (χ4v) is 4.68. The van der Waals surface area contributed by atoms with E-state index in [0.717, 1.165) is 17.7 Å². The quantitative estimate of drug-likeness (QED) is 0.375. The van der Waals surface area contributed by atoms with Gasteiger partial charge in [-0.3, -0.25) is 9.69 Å². The highest BCUT2D eigenvalue weighted by Crippen LogP contribution is 2.38. The second-order valence-electron chi connectivity index (χ2n) is 6.51. The lowest BCUT2D eigenvalue weighted by Gasteiger charge is -2.14. The third-order valence-electron chi connectivity index (χ3n) is 4.21. The number of hydrogen-bond acceptors (Lipinski definition) is 6. The molecule has 2 aromatic carbocycles. The number of carbonyl (C=O) groups is 2. The fraction of sp³-hybridized carbons (Fsp3) is 0.227. The van der Waals surface area contributed by atoms with E-state index in [-0.39, 0.29) is 5.91 Å². The number of ether oxygens (including phenoxy) is 2. The first kappa shape index (κ1) is 23.1. The van der Waals surface area contributed by atoms with Crippen LogP contribution in [0.25, 0.3) is 6.08 Å². The van der Waals surface area contributed by atoms with Crippen molar-refractivity contribution in [2.24, 2.45) is 4.99 Å². The second-order valence-corrected chi connectivity index (χ2v) is 8.69. The molecular formula is C22H21IN2O5S. The number of carbonyl (C=O) groups excluding carboxylic acids is 1. The number of carboxylic acid groups (broad SMARTS) is 1. The van der Waals surface area contributed by atoms with Gasteiger partial charge >= 0.3 is 5.97 Å². The van der Waals surface area contributed by atoms with E-state index >= 15 is 0 Å². The smallest absolute Gasteiger partial charge is 0.341 e. The van der Waals surface area contributed by atoms with E-state index in [2.05, 4.69) is 27.6 Å². The number of halogens is 1. The molecule has 1 aliphatic rings. The van der Waals surface area contributed by atoms with Gasteiger partial charge in [-0.1, -0.05) is 25.1 Å². The molecule has 0 aliphatic carbocycles. The van der Waals surface area contributed by atoms with Crippen LogP contribution in [0.4, 0.5) is 5.69 Å². The van der Waals surface area contributed by atoms with Crippen LogP contribution in [-0.2, 0) is 9.59 Å². The Bertz CT molecular complexity index is 1040. The van der Waals surface area contributed by atoms with Crippen molar-refractivity contribution in [3.63, 3.8) is 0 Å². The van der Waals surface area contributed by atoms with Crippen LogP contribution in [0.5, 0.6) is 11.5 Å². The molecule has 0 radical (unpaired) electrons. The molecule has 3 rings (SSSR count). The number of aliphatic carboxylic acids is 1. The van der Waals surface area contributed by atoms with Crippen molar-refractivity contribution in [2.45, 2.75) is 13.3 Å². The third-order valence-corrected chi connectivity index (χ3v) is 6.01. The summed E-state index contributed by atoms with van der Waals surface area (Å²) in [7, 11) is 1.49. The number of amidine groups is 1. The van der Waals surface area contributed by atoms with Crippen LogP contribution >= 0.6 is 34.4 Å². The number of methoxy groups -OCH3 is 1. The zero-order valence-electron chi connectivity index (χ0n) is 17.0. The summed E-state index contributed by atoms with van der Waals surface area (Å²) in [6.07, 6.45) is 2.60. The molecule has 1 saturated heterocycles. The molecule has 0 bridgehead atoms. The Kier molecular flexibility index (Phi) is 7.97. The van der Waals surface area contributed by atoms with Crippen LogP contribution in [0.1, 0.15) is 18.9 Å². The summed E-state index contributed by atoms with van der Waals surface area (Å²) in [4.78, 5) is 30.7. The molecule has 1 amide bonds. The van der Waals surface area contributed by atoms with Crippen LogP contribution in [0.2, 0.25) is 0 Å². The van der Waals surface area contributed by atoms with Gasteiger partial charge in [-0.05, 0) is 76.7 Å². The molecule has 0 unspecified atom stereocenters. The van der Waals surface area contributed by atoms with Crippen LogP contribution in [0, 0.1) is 3.57 Å². The van der Waals surface area contributed by atoms with Crippen LogP contribution in [0.3, 0.4) is 0 Å². The van der Waals surface area contributed by atoms with E-state index in [9.17, 15) is 9.59 Å². The molecule has 0 saturated carbocycles. The van der Waals surface area contributed by atoms with Crippen molar-refractivity contribution in [3.8, 4) is 11.5 Å². The lowest BCUT2D eigenvalue weighted by atomic mass is 10.2. The minimum atomic E-state index is -1.07. The zero-order chi connectivity index (χ0) is 22.4. The summed E-state index contributed by atoms with van der Waals surface area (Å²) in [5, 5.41) is 9.51. The summed E-state index contributed by atoms with van der Waals surface area (Å²) >= 11 is 3.39. The Morgan fingerprint density at radius 2 is 2.03 bits per heavy atom. The number of para-hydroxylation sites is 1. The summed E-state index contributed by atoms with van der Waals surface area (Å²) in [6.45, 7) is 2.13. The van der Waals surface area contributed by atoms with E-state index in [1.807, 2.05) is 43.3 Å². The number of thioether (sulfide) groups is 1. The normalized spacial score (nSPS) is 16.2. The van der Waals surface area contributed by atoms with E-state index in [1.54, 1.807) is 17.0 Å². The van der Waals surface area contributed by atoms with Gasteiger partial charge in [0.1, 0.15) is 0 Å². The number of benzene rings is 2. The molecule has 1 heterocycles. The maximum absolute atomic E-state index is 13.0. The predicted octanol–water partition coefficient (Wildman–Crippen LogP) is 4.78. The predicted molar refractivity (Wildman–Crippen MR) is 130 cm³/mol. The lowest BCUT2D eigenvalue weighted by molar-refractivity contribution is -0.139. The van der Waals surface area contributed by atoms with Gasteiger partial charge in [0.15, 0.2) is 23.3 Å². The van der Waals surface area contributed by atoms with Gasteiger partial charge in [-0.15, -0.1) is 0 Å². The average Bonchev–Trinajstić information content (AvgIpc) is 3.02. The van der Waals surface area contributed by atoms with E-state index < -0.39 is 12.6 Å². The van der Waals surface area contributed by atoms with Crippen molar-refractivity contribution >= 4 is 63.2 Å². The van der Waals surface area contributed by atoms with Gasteiger partial charge in [-0.25, -0.2) is 9.79 Å². The molecule has 7 nitrogen and oxygen atoms in total. The molecule has 31 heavy (non-hydrogen) atoms. The maximum atomic E-state index is 13.0. The highest BCUT2D eigenvalue weighted by Gasteiger charge is 2.32. The molecule has 162 valence electrons. The molecule has 1 aliphatic heterocycles. The lowest BCUT2D eigenvalue weighted by Crippen LogP contribution is -2.29. The highest BCUT2D eigenvalue weighted by molar-refractivity contribution is 14.1. The molecule has 0 aromatic heterocycles. The van der Waals surface area contributed by atoms with Gasteiger partial charge < -0.3 is 14.6 Å². The Labute approximate surface area is 198 Å². The van der Waals surface area contributed by atoms with Gasteiger partial charge in [0.2, 0.25) is 0 Å². The first-order valence-corrected chi connectivity index (χ1v) is 11.4. The summed E-state index contributed by atoms with van der Waals surface area (Å²) in [6, 6.07) is 13.1. The van der Waals surface area contributed by atoms with Gasteiger partial charge in [-0.2, -0.15) is 0 Å². The number of nitrogens with zero attached hydrogens (tertiary/aromatic N) is 2. The number of amides is 1. The zero-order valence-corrected chi connectivity index (χ0v) is 20.0. The molecule has 9 heteroatoms. The number of hydrogen-bond donors (Lipinski definition) is 1. The van der Waals surface area contributed by atoms with Crippen LogP contribution < -0.4 is 9.47 Å². The van der Waals surface area contributed by atoms with Gasteiger partial charge in [0.25, 0.3) is 5.91 Å². The molecule has 1 fully saturated rings. The summed E-state index contributed by atoms with van der Waals surface area (Å²) in [5.74, 6) is -0.406. The first-order chi connectivity index (χ1) is 14.9. The van der Waals surface area contributed by atoms with E-state index in [1.165, 1.54) is 18.9 Å². The van der Waals surface area contributed by atoms with E-state index in [0.29, 0.717) is 31.7 Å². The van der Waals surface area contributed by atoms with Crippen molar-refractivity contribution in [3.05, 3.63) is 56.5 Å². The van der Waals surface area contributed by atoms with Crippen molar-refractivity contribution in [2.75, 3.05) is 20.3 Å². The first-order valence-electron chi connectivity index (χ1n) is 9.50. The maximum Gasteiger partial charge on any atom is 0.341 e. The molecule has 1 N–H and O–H groups in total. The largest absolute Gasteiger partial charge is 0.493 e. The monoisotopic (exact) mass is 552 g/mol. The number of carboxylic acids is 1. The summed E-state index contributed by atoms with van der Waals surface area (Å²) < 4.78 is 11.4. The van der Waals surface area contributed by atoms with E-state index in [4.69, 9.17) is 14.6 Å². The van der Waals surface area contributed by atoms with Gasteiger partial charge in [0.05, 0.1) is 21.3 Å². The molecular weight excluding hydrogens is 531 g/mol. The fourth-order valence-electron chi connectivity index (χ4n) is 2.87. The Hall–Kier alpha value is -2.53. The van der Waals surface area contributed by atoms with Gasteiger partial charge in [0, 0.05) is 6.54 Å². The topological polar surface area (TPSA) is 88.4 Å². The molecule has 0 spiro atoms. The minimum Gasteiger partial charge on any atom is -0.493 e. The Balaban J connectivity index is 1.93. The molecule has 2 aromatic rings. The Morgan fingerprint density at radius 1 is 1.29 bits per heavy atom. The van der Waals surface area contributed by atoms with Crippen molar-refractivity contribution in [1.29, 1.82) is 0 Å². The van der Waals surface area contributed by atoms with Crippen molar-refractivity contribution in [1.82, 2.24) is 4.90 Å². The Morgan fingerprint density at radius 3 is 2.68 bits per heavy atom. The number of rotatable bonds is 8. The van der Waals surface area contributed by atoms with Crippen molar-refractivity contribution < 1.29 is 24.2 Å². The molecule has 0 atom stereocenters. The SMILES string of the molecule is CCCN1C(=O)/C(=C/c2cc(I)c(OCC(=O)O)c(OC)c2)SC1=Nc1ccccc1.